The molecule has 9 N–H and O–H groups in total. The summed E-state index contributed by atoms with van der Waals surface area (Å²) in [5.41, 5.74) is -3.41. The van der Waals surface area contributed by atoms with Gasteiger partial charge in [0.15, 0.2) is 0 Å². The van der Waals surface area contributed by atoms with Gasteiger partial charge in [-0.05, 0) is 162 Å². The molecule has 8 atom stereocenters. The van der Waals surface area contributed by atoms with E-state index in [1.54, 1.807) is 146 Å². The molecule has 0 aromatic heterocycles. The Morgan fingerprint density at radius 2 is 0.542 bits per heavy atom. The van der Waals surface area contributed by atoms with E-state index in [9.17, 15) is 54.0 Å². The van der Waals surface area contributed by atoms with Crippen molar-refractivity contribution in [1.29, 1.82) is 0 Å². The number of hydrogen-bond donors (Lipinski definition) is 9. The number of ether oxygens (including phenoxy) is 4. The van der Waals surface area contributed by atoms with Crippen LogP contribution >= 0.6 is 34.8 Å². The van der Waals surface area contributed by atoms with Crippen molar-refractivity contribution in [1.82, 2.24) is 41.3 Å². The van der Waals surface area contributed by atoms with E-state index in [0.29, 0.717) is 124 Å². The predicted octanol–water partition coefficient (Wildman–Crippen LogP) is 17.5. The largest absolute Gasteiger partial charge is 0.500 e. The predicted molar refractivity (Wildman–Crippen MR) is 550 cm³/mol. The van der Waals surface area contributed by atoms with E-state index >= 15 is 14.4 Å². The van der Waals surface area contributed by atoms with Crippen molar-refractivity contribution >= 4 is 101 Å². The number of hydrogen-bond acceptors (Lipinski definition) is 22. The first-order chi connectivity index (χ1) is 69.5. The van der Waals surface area contributed by atoms with Crippen LogP contribution in [0, 0.1) is 0 Å². The zero-order valence-corrected chi connectivity index (χ0v) is 84.9. The van der Waals surface area contributed by atoms with Crippen LogP contribution in [0.2, 0.25) is 6.04 Å². The number of unbranched alkanes of at least 4 members (excludes halogenated alkanes) is 3. The van der Waals surface area contributed by atoms with Crippen LogP contribution in [0.3, 0.4) is 0 Å². The van der Waals surface area contributed by atoms with Crippen LogP contribution < -0.4 is 26.6 Å². The Morgan fingerprint density at radius 3 is 0.771 bits per heavy atom. The number of rotatable bonds is 41. The van der Waals surface area contributed by atoms with Gasteiger partial charge >= 0.3 is 33.2 Å². The average molecular weight is 2040 g/mol. The quantitative estimate of drug-likeness (QED) is 0.00744. The molecule has 10 aromatic rings. The molecule has 762 valence electrons. The Balaban J connectivity index is 0.000000294. The molecule has 144 heavy (non-hydrogen) atoms. The van der Waals surface area contributed by atoms with Crippen molar-refractivity contribution in [2.75, 3.05) is 72.2 Å². The molecule has 4 aliphatic heterocycles. The second-order valence-corrected chi connectivity index (χ2v) is 39.5. The van der Waals surface area contributed by atoms with Gasteiger partial charge in [-0.15, -0.1) is 0 Å². The molecule has 0 aliphatic carbocycles. The molecular formula is C111H127Cl3N8O21Si. The summed E-state index contributed by atoms with van der Waals surface area (Å²) < 4.78 is 41.5. The first-order valence-electron chi connectivity index (χ1n) is 49.1. The topological polar surface area (TPSA) is 386 Å². The highest BCUT2D eigenvalue weighted by Gasteiger charge is 2.56. The number of aliphatic hydroxyl groups is 4. The number of amides is 7. The summed E-state index contributed by atoms with van der Waals surface area (Å²) in [6, 6.07) is 77.0. The van der Waals surface area contributed by atoms with Crippen molar-refractivity contribution in [3.05, 3.63) is 357 Å². The van der Waals surface area contributed by atoms with Crippen molar-refractivity contribution in [2.24, 2.45) is 0 Å². The fourth-order valence-electron chi connectivity index (χ4n) is 19.2. The van der Waals surface area contributed by atoms with Crippen LogP contribution in [-0.2, 0) is 54.6 Å². The summed E-state index contributed by atoms with van der Waals surface area (Å²) in [5, 5.41) is 65.0. The van der Waals surface area contributed by atoms with Crippen LogP contribution in [-0.4, -0.2) is 223 Å². The Morgan fingerprint density at radius 1 is 0.319 bits per heavy atom. The van der Waals surface area contributed by atoms with E-state index in [-0.39, 0.29) is 84.4 Å². The highest BCUT2D eigenvalue weighted by molar-refractivity contribution is 6.70. The minimum absolute atomic E-state index is 0.00725. The van der Waals surface area contributed by atoms with Crippen molar-refractivity contribution in [2.45, 2.75) is 189 Å². The summed E-state index contributed by atoms with van der Waals surface area (Å²) in [7, 11) is -2.73. The van der Waals surface area contributed by atoms with Gasteiger partial charge in [0.2, 0.25) is 0 Å². The van der Waals surface area contributed by atoms with Gasteiger partial charge in [0.05, 0.1) is 37.8 Å². The zero-order valence-electron chi connectivity index (χ0n) is 81.6. The van der Waals surface area contributed by atoms with Gasteiger partial charge in [-0.3, -0.25) is 28.8 Å². The van der Waals surface area contributed by atoms with E-state index in [1.165, 1.54) is 51.1 Å². The SMILES string of the molecule is CCCCNC(=O)O[C@@H]1C[C@@H](C(O)(c2ccccc2)c2ccccc2)N(C(=O)c2cc(C(=O)N3C[C@H](OC(=O)NCCCC)C[C@H]3C(O)(c3ccccc3)c3ccccc3)cc(C(=O)N3C[C@H](OC(=O)NCCCC)C[C@H]3C(O)(c3ccccc3)c3ccccc3)c2)C1.CCO[Si](CCCNC(=O)O[C@H]1CN[C@H](C(O)(c2ccccc2)c2ccccc2)C1)(OCC)OCC.O=C(Cl)c1cc(C(=O)Cl)cc(C(=O)Cl)c1. The van der Waals surface area contributed by atoms with E-state index in [1.807, 2.05) is 139 Å². The fraction of sp³-hybridized carbons (Fsp3) is 0.369. The van der Waals surface area contributed by atoms with Crippen molar-refractivity contribution in [3.63, 3.8) is 0 Å². The molecule has 14 rings (SSSR count). The Hall–Kier alpha value is -12.5. The number of benzene rings is 10. The Bertz CT molecular complexity index is 5260. The lowest BCUT2D eigenvalue weighted by Gasteiger charge is -2.40. The fourth-order valence-corrected chi connectivity index (χ4v) is 22.2. The van der Waals surface area contributed by atoms with Crippen molar-refractivity contribution < 1.29 is 101 Å². The summed E-state index contributed by atoms with van der Waals surface area (Å²) in [6.45, 7) is 14.6. The summed E-state index contributed by atoms with van der Waals surface area (Å²) in [4.78, 5) is 139. The molecule has 7 amide bonds. The highest BCUT2D eigenvalue weighted by Crippen LogP contribution is 2.47. The number of carbonyl (C=O) groups is 10. The lowest BCUT2D eigenvalue weighted by molar-refractivity contribution is -0.00186. The molecule has 4 heterocycles. The molecule has 0 spiro atoms. The maximum Gasteiger partial charge on any atom is 0.500 e. The zero-order chi connectivity index (χ0) is 103. The maximum absolute atomic E-state index is 16.4. The van der Waals surface area contributed by atoms with Crippen LogP contribution in [0.15, 0.2) is 279 Å². The second kappa shape index (κ2) is 52.8. The van der Waals surface area contributed by atoms with Crippen molar-refractivity contribution in [3.8, 4) is 0 Å². The molecule has 4 fully saturated rings. The third-order valence-corrected chi connectivity index (χ3v) is 29.9. The second-order valence-electron chi connectivity index (χ2n) is 35.7. The Labute approximate surface area is 856 Å². The molecule has 0 unspecified atom stereocenters. The molecule has 29 nitrogen and oxygen atoms in total. The minimum atomic E-state index is -2.73. The van der Waals surface area contributed by atoms with Gasteiger partial charge in [0.1, 0.15) is 46.8 Å². The van der Waals surface area contributed by atoms with Gasteiger partial charge in [0.25, 0.3) is 33.4 Å². The highest BCUT2D eigenvalue weighted by atomic mass is 35.5. The minimum Gasteiger partial charge on any atom is -0.445 e. The summed E-state index contributed by atoms with van der Waals surface area (Å²) in [6.07, 6.45) is -0.271. The lowest BCUT2D eigenvalue weighted by Crippen LogP contribution is -2.51. The third-order valence-electron chi connectivity index (χ3n) is 26.1. The van der Waals surface area contributed by atoms with Crippen LogP contribution in [0.25, 0.3) is 0 Å². The van der Waals surface area contributed by atoms with Gasteiger partial charge in [-0.1, -0.05) is 283 Å². The molecule has 4 aliphatic rings. The summed E-state index contributed by atoms with van der Waals surface area (Å²) in [5.74, 6) is -2.23. The van der Waals surface area contributed by atoms with E-state index < -0.39 is 125 Å². The molecule has 4 saturated heterocycles. The Kier molecular flexibility index (Phi) is 40.4. The smallest absolute Gasteiger partial charge is 0.445 e. The third kappa shape index (κ3) is 27.4. The van der Waals surface area contributed by atoms with E-state index in [2.05, 4.69) is 26.6 Å². The van der Waals surface area contributed by atoms with Crippen LogP contribution in [0.1, 0.15) is 219 Å². The van der Waals surface area contributed by atoms with Crippen LogP contribution in [0.5, 0.6) is 0 Å². The van der Waals surface area contributed by atoms with Gasteiger partial charge < -0.3 is 93.9 Å². The number of alkyl carbamates (subject to hydrolysis) is 4. The monoisotopic (exact) mass is 2040 g/mol. The molecule has 0 saturated carbocycles. The molecule has 10 aromatic carbocycles. The molecule has 0 bridgehead atoms. The number of halogens is 3. The van der Waals surface area contributed by atoms with Crippen LogP contribution in [0.4, 0.5) is 19.2 Å². The van der Waals surface area contributed by atoms with Gasteiger partial charge in [0, 0.05) is 124 Å². The first kappa shape index (κ1) is 110. The summed E-state index contributed by atoms with van der Waals surface area (Å²) >= 11 is 15.6. The number of nitrogens with one attached hydrogen (secondary N) is 5. The number of carbonyl (C=O) groups excluding carboxylic acids is 10. The molecular weight excluding hydrogens is 1920 g/mol. The normalized spacial score (nSPS) is 17.8. The van der Waals surface area contributed by atoms with E-state index in [0.717, 1.165) is 30.4 Å². The molecule has 33 heteroatoms. The van der Waals surface area contributed by atoms with Gasteiger partial charge in [-0.2, -0.15) is 0 Å². The maximum atomic E-state index is 16.4. The molecule has 0 radical (unpaired) electrons. The lowest BCUT2D eigenvalue weighted by atomic mass is 9.78. The van der Waals surface area contributed by atoms with Gasteiger partial charge in [-0.25, -0.2) is 19.2 Å². The first-order valence-corrected chi connectivity index (χ1v) is 52.2. The van der Waals surface area contributed by atoms with E-state index in [4.69, 9.17) is 67.0 Å². The number of likely N-dealkylation sites (tertiary alicyclic amines) is 3. The number of nitrogens with zero attached hydrogens (tertiary/aromatic N) is 3. The average Bonchev–Trinajstić information content (AvgIpc) is 1.58. The standard InChI is InChI=1S/C75H84N6O12.C27H40N2O6Si.C9H3Cl3O3/c1-4-7-40-76-70(85)91-61-46-64(73(88,55-28-16-10-17-29-55)56-30-18-11-19-31-56)79(49-61)67(82)52-43-53(68(83)80-50-62(92-71(86)77-41-8-5-2)47-65(80)74(89,57-32-20-12-21-33-57)58-34-22-13-23-35-58)45-54(44-52)69(84)81-51-63(93-72(87)78-42-9-6-3)48-66(81)75(90,59-36-24-14-25-37-59)60-38-26-15-27-39-60;1-4-32-36(33-5-2,34-6-3)19-13-18-28-26(30)35-24-20-25(29-21-24)27(31,22-14-9-7-10-15-22)23-16-11-8-12-17-23;10-7(13)4-1-5(8(11)14)3-6(2-4)9(12)15/h10-39,43-45,61-66,88-90H,4-9,40-42,46-51H2,1-3H3,(H,76,85)(H,77,86)(H,78,87);7-12,14-17,24-25,29,31H,4-6,13,18-21H2,1-3H3,(H,28,30);1-3H/t61-,62-,63-,64+,65+,66+;24-,25+;/m11./s1.